The van der Waals surface area contributed by atoms with E-state index in [9.17, 15) is 0 Å². The SMILES string of the molecule is CCNC(=NCC(C)CN1CCN(C)CC1)NCC1COc2ccccc2O1.I. The molecule has 7 nitrogen and oxygen atoms in total. The van der Waals surface area contributed by atoms with Gasteiger partial charge in [0.25, 0.3) is 0 Å². The second kappa shape index (κ2) is 12.4. The van der Waals surface area contributed by atoms with Crippen LogP contribution < -0.4 is 20.1 Å². The van der Waals surface area contributed by atoms with Crippen molar-refractivity contribution in [2.24, 2.45) is 10.9 Å². The molecule has 2 atom stereocenters. The van der Waals surface area contributed by atoms with E-state index in [1.54, 1.807) is 0 Å². The van der Waals surface area contributed by atoms with Crippen molar-refractivity contribution < 1.29 is 9.47 Å². The number of hydrogen-bond acceptors (Lipinski definition) is 5. The van der Waals surface area contributed by atoms with E-state index in [0.29, 0.717) is 19.1 Å². The van der Waals surface area contributed by atoms with Crippen LogP contribution in [0.4, 0.5) is 0 Å². The normalized spacial score (nSPS) is 21.2. The van der Waals surface area contributed by atoms with Crippen LogP contribution >= 0.6 is 24.0 Å². The number of benzene rings is 1. The second-order valence-electron chi connectivity index (χ2n) is 7.81. The van der Waals surface area contributed by atoms with Gasteiger partial charge in [-0.25, -0.2) is 0 Å². The molecule has 8 heteroatoms. The van der Waals surface area contributed by atoms with Crippen molar-refractivity contribution in [2.45, 2.75) is 20.0 Å². The maximum Gasteiger partial charge on any atom is 0.191 e. The summed E-state index contributed by atoms with van der Waals surface area (Å²) >= 11 is 0. The number of nitrogens with one attached hydrogen (secondary N) is 2. The van der Waals surface area contributed by atoms with Crippen LogP contribution in [0.1, 0.15) is 13.8 Å². The summed E-state index contributed by atoms with van der Waals surface area (Å²) in [5.41, 5.74) is 0. The number of fused-ring (bicyclic) bond motifs is 1. The summed E-state index contributed by atoms with van der Waals surface area (Å²) in [6.07, 6.45) is -0.0264. The molecule has 1 aromatic rings. The minimum absolute atomic E-state index is 0. The van der Waals surface area contributed by atoms with Gasteiger partial charge in [-0.05, 0) is 32.0 Å². The third-order valence-corrected chi connectivity index (χ3v) is 5.14. The van der Waals surface area contributed by atoms with Crippen LogP contribution in [0.5, 0.6) is 11.5 Å². The van der Waals surface area contributed by atoms with Gasteiger partial charge in [0.1, 0.15) is 12.7 Å². The molecule has 2 N–H and O–H groups in total. The minimum Gasteiger partial charge on any atom is -0.486 e. The van der Waals surface area contributed by atoms with Gasteiger partial charge >= 0.3 is 0 Å². The lowest BCUT2D eigenvalue weighted by Crippen LogP contribution is -2.46. The fraction of sp³-hybridized carbons (Fsp3) is 0.667. The molecule has 2 heterocycles. The molecule has 2 aliphatic rings. The van der Waals surface area contributed by atoms with Crippen molar-refractivity contribution in [2.75, 3.05) is 66.0 Å². The van der Waals surface area contributed by atoms with Crippen molar-refractivity contribution in [3.05, 3.63) is 24.3 Å². The van der Waals surface area contributed by atoms with Gasteiger partial charge in [-0.2, -0.15) is 0 Å². The van der Waals surface area contributed by atoms with Crippen molar-refractivity contribution in [3.8, 4) is 11.5 Å². The van der Waals surface area contributed by atoms with Crippen LogP contribution in [-0.4, -0.2) is 87.9 Å². The smallest absolute Gasteiger partial charge is 0.191 e. The van der Waals surface area contributed by atoms with Crippen molar-refractivity contribution in [1.82, 2.24) is 20.4 Å². The summed E-state index contributed by atoms with van der Waals surface area (Å²) in [4.78, 5) is 9.72. The van der Waals surface area contributed by atoms with Crippen molar-refractivity contribution in [1.29, 1.82) is 0 Å². The Morgan fingerprint density at radius 2 is 1.90 bits per heavy atom. The van der Waals surface area contributed by atoms with Gasteiger partial charge in [-0.3, -0.25) is 4.99 Å². The Balaban J connectivity index is 0.00000300. The zero-order valence-electron chi connectivity index (χ0n) is 17.9. The highest BCUT2D eigenvalue weighted by atomic mass is 127. The lowest BCUT2D eigenvalue weighted by molar-refractivity contribution is 0.0936. The molecule has 0 aliphatic carbocycles. The molecule has 3 rings (SSSR count). The van der Waals surface area contributed by atoms with E-state index in [-0.39, 0.29) is 30.1 Å². The van der Waals surface area contributed by atoms with Gasteiger partial charge in [-0.1, -0.05) is 19.1 Å². The number of rotatable bonds is 7. The van der Waals surface area contributed by atoms with E-state index in [0.717, 1.165) is 63.3 Å². The maximum absolute atomic E-state index is 6.01. The van der Waals surface area contributed by atoms with Gasteiger partial charge in [0.05, 0.1) is 6.54 Å². The van der Waals surface area contributed by atoms with Crippen LogP contribution in [0.2, 0.25) is 0 Å². The first-order chi connectivity index (χ1) is 13.6. The van der Waals surface area contributed by atoms with Crippen LogP contribution in [0, 0.1) is 5.92 Å². The third-order valence-electron chi connectivity index (χ3n) is 5.14. The van der Waals surface area contributed by atoms with E-state index in [2.05, 4.69) is 41.3 Å². The highest BCUT2D eigenvalue weighted by Gasteiger charge is 2.21. The Bertz CT molecular complexity index is 637. The number of nitrogens with zero attached hydrogens (tertiary/aromatic N) is 3. The fourth-order valence-electron chi connectivity index (χ4n) is 3.49. The minimum atomic E-state index is -0.0264. The predicted octanol–water partition coefficient (Wildman–Crippen LogP) is 1.88. The summed E-state index contributed by atoms with van der Waals surface area (Å²) in [6.45, 7) is 13.0. The Kier molecular flexibility index (Phi) is 10.3. The molecule has 2 unspecified atom stereocenters. The van der Waals surface area contributed by atoms with Gasteiger partial charge < -0.3 is 29.9 Å². The van der Waals surface area contributed by atoms with E-state index in [1.165, 1.54) is 0 Å². The molecule has 164 valence electrons. The van der Waals surface area contributed by atoms with Crippen LogP contribution in [0.3, 0.4) is 0 Å². The maximum atomic E-state index is 6.01. The first kappa shape index (κ1) is 24.0. The van der Waals surface area contributed by atoms with Crippen LogP contribution in [0.15, 0.2) is 29.3 Å². The van der Waals surface area contributed by atoms with E-state index in [4.69, 9.17) is 14.5 Å². The Labute approximate surface area is 192 Å². The largest absolute Gasteiger partial charge is 0.486 e. The lowest BCUT2D eigenvalue weighted by Gasteiger charge is -2.33. The van der Waals surface area contributed by atoms with Gasteiger partial charge in [0.2, 0.25) is 0 Å². The first-order valence-corrected chi connectivity index (χ1v) is 10.5. The van der Waals surface area contributed by atoms with E-state index in [1.807, 2.05) is 24.3 Å². The summed E-state index contributed by atoms with van der Waals surface area (Å²) in [6, 6.07) is 7.80. The molecule has 1 fully saturated rings. The molecular weight excluding hydrogens is 481 g/mol. The molecular formula is C21H36IN5O2. The highest BCUT2D eigenvalue weighted by Crippen LogP contribution is 2.30. The van der Waals surface area contributed by atoms with Crippen molar-refractivity contribution in [3.63, 3.8) is 0 Å². The zero-order chi connectivity index (χ0) is 19.8. The molecule has 0 aromatic heterocycles. The summed E-state index contributed by atoms with van der Waals surface area (Å²) in [5, 5.41) is 6.73. The fourth-order valence-corrected chi connectivity index (χ4v) is 3.49. The molecule has 29 heavy (non-hydrogen) atoms. The molecule has 1 aromatic carbocycles. The van der Waals surface area contributed by atoms with Crippen LogP contribution in [0.25, 0.3) is 0 Å². The predicted molar refractivity (Wildman–Crippen MR) is 129 cm³/mol. The number of likely N-dealkylation sites (N-methyl/N-ethyl adjacent to an activating group) is 1. The first-order valence-electron chi connectivity index (χ1n) is 10.5. The number of halogens is 1. The topological polar surface area (TPSA) is 61.4 Å². The van der Waals surface area contributed by atoms with E-state index < -0.39 is 0 Å². The van der Waals surface area contributed by atoms with Crippen LogP contribution in [-0.2, 0) is 0 Å². The standard InChI is InChI=1S/C21H35N5O2.HI/c1-4-22-21(23-13-17(2)15-26-11-9-25(3)10-12-26)24-14-18-16-27-19-7-5-6-8-20(19)28-18;/h5-8,17-18H,4,9-16H2,1-3H3,(H2,22,23,24);1H. The average Bonchev–Trinajstić information content (AvgIpc) is 2.71. The quantitative estimate of drug-likeness (QED) is 0.328. The number of hydrogen-bond donors (Lipinski definition) is 2. The summed E-state index contributed by atoms with van der Waals surface area (Å²) < 4.78 is 11.8. The Morgan fingerprint density at radius 3 is 2.62 bits per heavy atom. The molecule has 1 saturated heterocycles. The number of aliphatic imine (C=N–C) groups is 1. The van der Waals surface area contributed by atoms with Crippen molar-refractivity contribution >= 4 is 29.9 Å². The number of piperazine rings is 1. The molecule has 0 amide bonds. The van der Waals surface area contributed by atoms with Gasteiger partial charge in [0, 0.05) is 45.8 Å². The lowest BCUT2D eigenvalue weighted by atomic mass is 10.1. The summed E-state index contributed by atoms with van der Waals surface area (Å²) in [5.74, 6) is 3.00. The molecule has 0 spiro atoms. The average molecular weight is 517 g/mol. The number of ether oxygens (including phenoxy) is 2. The molecule has 0 saturated carbocycles. The summed E-state index contributed by atoms with van der Waals surface area (Å²) in [7, 11) is 2.19. The number of para-hydroxylation sites is 2. The number of guanidine groups is 1. The zero-order valence-corrected chi connectivity index (χ0v) is 20.2. The van der Waals surface area contributed by atoms with Gasteiger partial charge in [-0.15, -0.1) is 24.0 Å². The highest BCUT2D eigenvalue weighted by molar-refractivity contribution is 14.0. The molecule has 2 aliphatic heterocycles. The molecule has 0 radical (unpaired) electrons. The van der Waals surface area contributed by atoms with Gasteiger partial charge in [0.15, 0.2) is 17.5 Å². The molecule has 0 bridgehead atoms. The van der Waals surface area contributed by atoms with E-state index >= 15 is 0 Å². The monoisotopic (exact) mass is 517 g/mol. The second-order valence-corrected chi connectivity index (χ2v) is 7.81. The Morgan fingerprint density at radius 1 is 1.17 bits per heavy atom. The third kappa shape index (κ3) is 7.82. The Hall–Kier alpha value is -1.26.